The molecule has 1 saturated heterocycles. The van der Waals surface area contributed by atoms with E-state index in [9.17, 15) is 4.79 Å². The van der Waals surface area contributed by atoms with Crippen LogP contribution in [0, 0.1) is 6.92 Å². The van der Waals surface area contributed by atoms with E-state index in [1.165, 1.54) is 11.8 Å². The summed E-state index contributed by atoms with van der Waals surface area (Å²) in [5, 5.41) is 4.00. The SMILES string of the molecule is Cc1ccc(N=C2NC(=O)C(=Cc3ccc(N(C)C)c(Br)c3)S2)cc1Cl. The molecule has 0 aromatic heterocycles. The Morgan fingerprint density at radius 1 is 1.23 bits per heavy atom. The van der Waals surface area contributed by atoms with Gasteiger partial charge in [0.15, 0.2) is 5.17 Å². The Balaban J connectivity index is 1.83. The van der Waals surface area contributed by atoms with E-state index in [2.05, 4.69) is 26.2 Å². The van der Waals surface area contributed by atoms with Crippen molar-refractivity contribution in [3.8, 4) is 0 Å². The zero-order valence-corrected chi connectivity index (χ0v) is 17.7. The predicted molar refractivity (Wildman–Crippen MR) is 115 cm³/mol. The van der Waals surface area contributed by atoms with Crippen molar-refractivity contribution in [3.63, 3.8) is 0 Å². The third kappa shape index (κ3) is 4.31. The van der Waals surface area contributed by atoms with Crippen molar-refractivity contribution in [1.82, 2.24) is 5.32 Å². The number of nitrogens with zero attached hydrogens (tertiary/aromatic N) is 2. The first-order chi connectivity index (χ1) is 12.3. The molecular formula is C19H17BrClN3OS. The van der Waals surface area contributed by atoms with Gasteiger partial charge in [0, 0.05) is 23.6 Å². The number of benzene rings is 2. The van der Waals surface area contributed by atoms with Crippen LogP contribution in [0.15, 0.2) is 50.8 Å². The maximum atomic E-state index is 12.2. The second kappa shape index (κ2) is 7.86. The normalized spacial score (nSPS) is 17.0. The molecule has 2 aromatic rings. The summed E-state index contributed by atoms with van der Waals surface area (Å²) in [6.45, 7) is 1.94. The quantitative estimate of drug-likeness (QED) is 0.640. The molecule has 2 aromatic carbocycles. The summed E-state index contributed by atoms with van der Waals surface area (Å²) in [6.07, 6.45) is 1.86. The lowest BCUT2D eigenvalue weighted by atomic mass is 10.2. The van der Waals surface area contributed by atoms with E-state index in [-0.39, 0.29) is 5.91 Å². The summed E-state index contributed by atoms with van der Waals surface area (Å²) in [5.41, 5.74) is 3.72. The second-order valence-corrected chi connectivity index (χ2v) is 8.31. The molecule has 4 nitrogen and oxygen atoms in total. The first kappa shape index (κ1) is 19.0. The number of hydrogen-bond acceptors (Lipinski definition) is 4. The van der Waals surface area contributed by atoms with Crippen LogP contribution in [0.4, 0.5) is 11.4 Å². The van der Waals surface area contributed by atoms with Crippen LogP contribution in [0.3, 0.4) is 0 Å². The summed E-state index contributed by atoms with van der Waals surface area (Å²) < 4.78 is 0.975. The highest BCUT2D eigenvalue weighted by atomic mass is 79.9. The van der Waals surface area contributed by atoms with E-state index >= 15 is 0 Å². The molecule has 26 heavy (non-hydrogen) atoms. The van der Waals surface area contributed by atoms with Crippen LogP contribution < -0.4 is 10.2 Å². The van der Waals surface area contributed by atoms with Gasteiger partial charge in [-0.1, -0.05) is 23.7 Å². The van der Waals surface area contributed by atoms with Crippen LogP contribution in [0.1, 0.15) is 11.1 Å². The number of anilines is 1. The van der Waals surface area contributed by atoms with Gasteiger partial charge >= 0.3 is 0 Å². The van der Waals surface area contributed by atoms with Crippen LogP contribution >= 0.6 is 39.3 Å². The minimum atomic E-state index is -0.153. The minimum Gasteiger partial charge on any atom is -0.377 e. The summed E-state index contributed by atoms with van der Waals surface area (Å²) in [5.74, 6) is -0.153. The van der Waals surface area contributed by atoms with Crippen LogP contribution in [-0.4, -0.2) is 25.2 Å². The predicted octanol–water partition coefficient (Wildman–Crippen LogP) is 5.37. The summed E-state index contributed by atoms with van der Waals surface area (Å²) in [7, 11) is 3.97. The Labute approximate surface area is 170 Å². The van der Waals surface area contributed by atoms with Gasteiger partial charge in [0.1, 0.15) is 0 Å². The third-order valence-corrected chi connectivity index (χ3v) is 5.74. The van der Waals surface area contributed by atoms with Gasteiger partial charge in [0.05, 0.1) is 16.3 Å². The van der Waals surface area contributed by atoms with Gasteiger partial charge in [-0.3, -0.25) is 4.79 Å². The molecule has 1 heterocycles. The number of aryl methyl sites for hydroxylation is 1. The molecule has 134 valence electrons. The van der Waals surface area contributed by atoms with E-state index in [4.69, 9.17) is 11.6 Å². The number of nitrogens with one attached hydrogen (secondary N) is 1. The molecule has 3 rings (SSSR count). The van der Waals surface area contributed by atoms with Crippen molar-refractivity contribution >= 4 is 67.8 Å². The molecule has 0 saturated carbocycles. The second-order valence-electron chi connectivity index (χ2n) is 6.02. The Bertz CT molecular complexity index is 940. The van der Waals surface area contributed by atoms with Crippen molar-refractivity contribution in [2.24, 2.45) is 4.99 Å². The van der Waals surface area contributed by atoms with Gasteiger partial charge < -0.3 is 10.2 Å². The fraction of sp³-hybridized carbons (Fsp3) is 0.158. The Kier molecular flexibility index (Phi) is 5.75. The van der Waals surface area contributed by atoms with Gasteiger partial charge in [0.2, 0.25) is 0 Å². The van der Waals surface area contributed by atoms with Crippen molar-refractivity contribution in [2.45, 2.75) is 6.92 Å². The maximum Gasteiger partial charge on any atom is 0.264 e. The van der Waals surface area contributed by atoms with E-state index in [1.807, 2.05) is 62.3 Å². The number of carbonyl (C=O) groups is 1. The summed E-state index contributed by atoms with van der Waals surface area (Å²) in [6, 6.07) is 11.6. The molecule has 1 aliphatic rings. The number of halogens is 2. The Morgan fingerprint density at radius 2 is 2.00 bits per heavy atom. The van der Waals surface area contributed by atoms with Gasteiger partial charge in [-0.05, 0) is 76.1 Å². The lowest BCUT2D eigenvalue weighted by Crippen LogP contribution is -2.19. The Hall–Kier alpha value is -1.76. The molecule has 1 aliphatic heterocycles. The highest BCUT2D eigenvalue weighted by molar-refractivity contribution is 9.10. The average Bonchev–Trinajstić information content (AvgIpc) is 2.90. The molecule has 7 heteroatoms. The molecular weight excluding hydrogens is 434 g/mol. The van der Waals surface area contributed by atoms with Gasteiger partial charge in [-0.15, -0.1) is 0 Å². The zero-order chi connectivity index (χ0) is 18.8. The fourth-order valence-corrected chi connectivity index (χ4v) is 4.14. The number of thioether (sulfide) groups is 1. The van der Waals surface area contributed by atoms with Crippen molar-refractivity contribution < 1.29 is 4.79 Å². The molecule has 0 aliphatic carbocycles. The molecule has 0 unspecified atom stereocenters. The van der Waals surface area contributed by atoms with E-state index in [0.29, 0.717) is 20.8 Å². The lowest BCUT2D eigenvalue weighted by Gasteiger charge is -2.14. The summed E-state index contributed by atoms with van der Waals surface area (Å²) >= 11 is 11.0. The number of amidine groups is 1. The first-order valence-corrected chi connectivity index (χ1v) is 9.85. The minimum absolute atomic E-state index is 0.153. The number of rotatable bonds is 3. The molecule has 1 N–H and O–H groups in total. The molecule has 0 bridgehead atoms. The zero-order valence-electron chi connectivity index (χ0n) is 14.5. The highest BCUT2D eigenvalue weighted by Gasteiger charge is 2.24. The Morgan fingerprint density at radius 3 is 2.65 bits per heavy atom. The monoisotopic (exact) mass is 449 g/mol. The van der Waals surface area contributed by atoms with Crippen molar-refractivity contribution in [2.75, 3.05) is 19.0 Å². The highest BCUT2D eigenvalue weighted by Crippen LogP contribution is 2.31. The van der Waals surface area contributed by atoms with E-state index in [1.54, 1.807) is 6.07 Å². The van der Waals surface area contributed by atoms with Crippen molar-refractivity contribution in [3.05, 3.63) is 61.9 Å². The van der Waals surface area contributed by atoms with Crippen LogP contribution in [-0.2, 0) is 4.79 Å². The van der Waals surface area contributed by atoms with Gasteiger partial charge in [-0.2, -0.15) is 0 Å². The average molecular weight is 451 g/mol. The topological polar surface area (TPSA) is 44.7 Å². The standard InChI is InChI=1S/C19H17BrClN3OS/c1-11-4-6-13(10-15(11)21)22-19-23-18(25)17(26-19)9-12-5-7-16(24(2)3)14(20)8-12/h4-10H,1-3H3,(H,22,23,25). The number of aliphatic imine (C=N–C) groups is 1. The van der Waals surface area contributed by atoms with Crippen molar-refractivity contribution in [1.29, 1.82) is 0 Å². The van der Waals surface area contributed by atoms with E-state index in [0.717, 1.165) is 21.3 Å². The molecule has 0 radical (unpaired) electrons. The smallest absolute Gasteiger partial charge is 0.264 e. The molecule has 1 amide bonds. The maximum absolute atomic E-state index is 12.2. The van der Waals surface area contributed by atoms with Gasteiger partial charge in [0.25, 0.3) is 5.91 Å². The van der Waals surface area contributed by atoms with Gasteiger partial charge in [-0.25, -0.2) is 4.99 Å². The van der Waals surface area contributed by atoms with Crippen LogP contribution in [0.5, 0.6) is 0 Å². The molecule has 1 fully saturated rings. The van der Waals surface area contributed by atoms with E-state index < -0.39 is 0 Å². The largest absolute Gasteiger partial charge is 0.377 e. The number of carbonyl (C=O) groups excluding carboxylic acids is 1. The first-order valence-electron chi connectivity index (χ1n) is 7.86. The number of hydrogen-bond donors (Lipinski definition) is 1. The lowest BCUT2D eigenvalue weighted by molar-refractivity contribution is -0.115. The summed E-state index contributed by atoms with van der Waals surface area (Å²) in [4.78, 5) is 19.3. The molecule has 0 atom stereocenters. The third-order valence-electron chi connectivity index (χ3n) is 3.79. The number of amides is 1. The van der Waals surface area contributed by atoms with Crippen LogP contribution in [0.25, 0.3) is 6.08 Å². The molecule has 0 spiro atoms. The fourth-order valence-electron chi connectivity index (χ4n) is 2.38. The van der Waals surface area contributed by atoms with Crippen LogP contribution in [0.2, 0.25) is 5.02 Å².